The van der Waals surface area contributed by atoms with Crippen molar-refractivity contribution in [1.82, 2.24) is 15.2 Å². The molecular formula is C17H21N5O2. The number of fused-ring (bicyclic) bond motifs is 1. The quantitative estimate of drug-likeness (QED) is 0.925. The molecule has 1 atom stereocenters. The van der Waals surface area contributed by atoms with Gasteiger partial charge in [0.2, 0.25) is 12.7 Å². The van der Waals surface area contributed by atoms with Crippen molar-refractivity contribution in [2.75, 3.05) is 23.6 Å². The van der Waals surface area contributed by atoms with Crippen LogP contribution in [0.1, 0.15) is 32.6 Å². The van der Waals surface area contributed by atoms with Crippen molar-refractivity contribution < 1.29 is 9.47 Å². The van der Waals surface area contributed by atoms with Gasteiger partial charge in [-0.3, -0.25) is 0 Å². The van der Waals surface area contributed by atoms with Gasteiger partial charge in [-0.2, -0.15) is 10.1 Å². The van der Waals surface area contributed by atoms with E-state index in [2.05, 4.69) is 32.3 Å². The second kappa shape index (κ2) is 6.51. The Balaban J connectivity index is 1.54. The van der Waals surface area contributed by atoms with Crippen LogP contribution in [0.3, 0.4) is 0 Å². The van der Waals surface area contributed by atoms with E-state index in [1.54, 1.807) is 6.20 Å². The Kier molecular flexibility index (Phi) is 4.06. The van der Waals surface area contributed by atoms with Gasteiger partial charge in [0.05, 0.1) is 6.20 Å². The van der Waals surface area contributed by atoms with Gasteiger partial charge in [0.15, 0.2) is 17.3 Å². The van der Waals surface area contributed by atoms with Gasteiger partial charge in [0.1, 0.15) is 0 Å². The monoisotopic (exact) mass is 327 g/mol. The summed E-state index contributed by atoms with van der Waals surface area (Å²) in [6.45, 7) is 3.48. The molecule has 1 fully saturated rings. The van der Waals surface area contributed by atoms with Crippen LogP contribution in [-0.4, -0.2) is 34.6 Å². The summed E-state index contributed by atoms with van der Waals surface area (Å²) in [5, 5.41) is 11.6. The number of rotatable bonds is 4. The lowest BCUT2D eigenvalue weighted by molar-refractivity contribution is 0.174. The van der Waals surface area contributed by atoms with Crippen molar-refractivity contribution in [3.05, 3.63) is 24.4 Å². The Labute approximate surface area is 141 Å². The molecule has 1 N–H and O–H groups in total. The molecule has 126 valence electrons. The summed E-state index contributed by atoms with van der Waals surface area (Å²) >= 11 is 0. The van der Waals surface area contributed by atoms with Crippen LogP contribution < -0.4 is 19.7 Å². The third kappa shape index (κ3) is 2.93. The van der Waals surface area contributed by atoms with Gasteiger partial charge in [-0.25, -0.2) is 0 Å². The maximum Gasteiger partial charge on any atom is 0.247 e. The molecule has 1 saturated heterocycles. The van der Waals surface area contributed by atoms with Gasteiger partial charge >= 0.3 is 0 Å². The van der Waals surface area contributed by atoms with Gasteiger partial charge in [-0.1, -0.05) is 6.92 Å². The van der Waals surface area contributed by atoms with E-state index in [1.165, 1.54) is 19.3 Å². The summed E-state index contributed by atoms with van der Waals surface area (Å²) in [6, 6.07) is 6.23. The Bertz CT molecular complexity index is 724. The maximum atomic E-state index is 5.41. The molecule has 24 heavy (non-hydrogen) atoms. The first-order valence-corrected chi connectivity index (χ1v) is 8.46. The number of piperidine rings is 1. The largest absolute Gasteiger partial charge is 0.454 e. The summed E-state index contributed by atoms with van der Waals surface area (Å²) in [7, 11) is 0. The van der Waals surface area contributed by atoms with Gasteiger partial charge in [0.25, 0.3) is 0 Å². The van der Waals surface area contributed by atoms with Crippen molar-refractivity contribution >= 4 is 17.5 Å². The lowest BCUT2D eigenvalue weighted by Gasteiger charge is -2.34. The number of aromatic nitrogens is 3. The highest BCUT2D eigenvalue weighted by molar-refractivity contribution is 5.62. The highest BCUT2D eigenvalue weighted by atomic mass is 16.7. The number of anilines is 3. The first-order valence-electron chi connectivity index (χ1n) is 8.46. The summed E-state index contributed by atoms with van der Waals surface area (Å²) in [5.74, 6) is 2.89. The van der Waals surface area contributed by atoms with Gasteiger partial charge in [-0.15, -0.1) is 5.10 Å². The molecule has 2 aromatic rings. The average molecular weight is 327 g/mol. The molecule has 1 aromatic carbocycles. The minimum Gasteiger partial charge on any atom is -0.454 e. The van der Waals surface area contributed by atoms with Crippen molar-refractivity contribution in [1.29, 1.82) is 0 Å². The van der Waals surface area contributed by atoms with E-state index < -0.39 is 0 Å². The first kappa shape index (κ1) is 15.0. The molecule has 2 aliphatic rings. The molecular weight excluding hydrogens is 306 g/mol. The molecule has 7 heteroatoms. The number of nitrogens with one attached hydrogen (secondary N) is 1. The van der Waals surface area contributed by atoms with Crippen molar-refractivity contribution in [3.8, 4) is 11.5 Å². The molecule has 7 nitrogen and oxygen atoms in total. The number of ether oxygens (including phenoxy) is 2. The predicted octanol–water partition coefficient (Wildman–Crippen LogP) is 3.11. The minimum atomic E-state index is 0.269. The molecule has 0 bridgehead atoms. The van der Waals surface area contributed by atoms with E-state index >= 15 is 0 Å². The van der Waals surface area contributed by atoms with E-state index in [0.717, 1.165) is 30.2 Å². The Morgan fingerprint density at radius 2 is 2.17 bits per heavy atom. The molecule has 2 aliphatic heterocycles. The molecule has 0 radical (unpaired) electrons. The van der Waals surface area contributed by atoms with Crippen LogP contribution in [0.2, 0.25) is 0 Å². The first-order chi connectivity index (χ1) is 11.8. The zero-order chi connectivity index (χ0) is 16.4. The Morgan fingerprint density at radius 3 is 3.08 bits per heavy atom. The van der Waals surface area contributed by atoms with Crippen LogP contribution in [0.25, 0.3) is 0 Å². The van der Waals surface area contributed by atoms with Crippen LogP contribution in [-0.2, 0) is 0 Å². The summed E-state index contributed by atoms with van der Waals surface area (Å²) in [4.78, 5) is 6.93. The lowest BCUT2D eigenvalue weighted by atomic mass is 10.0. The number of hydrogen-bond acceptors (Lipinski definition) is 7. The molecule has 0 saturated carbocycles. The summed E-state index contributed by atoms with van der Waals surface area (Å²) < 4.78 is 10.7. The van der Waals surface area contributed by atoms with Crippen LogP contribution >= 0.6 is 0 Å². The zero-order valence-electron chi connectivity index (χ0n) is 13.7. The topological polar surface area (TPSA) is 72.4 Å². The van der Waals surface area contributed by atoms with E-state index in [-0.39, 0.29) is 6.79 Å². The molecule has 3 heterocycles. The summed E-state index contributed by atoms with van der Waals surface area (Å²) in [6.07, 6.45) is 6.39. The van der Waals surface area contributed by atoms with E-state index in [4.69, 9.17) is 9.47 Å². The molecule has 0 aliphatic carbocycles. The SMILES string of the molecule is CCC1CCCCN1c1nncc(Nc2ccc3c(c2)OCO3)n1. The third-order valence-corrected chi connectivity index (χ3v) is 4.55. The highest BCUT2D eigenvalue weighted by Gasteiger charge is 2.23. The molecule has 0 amide bonds. The smallest absolute Gasteiger partial charge is 0.247 e. The predicted molar refractivity (Wildman–Crippen MR) is 91.0 cm³/mol. The van der Waals surface area contributed by atoms with Gasteiger partial charge in [0, 0.05) is 24.3 Å². The maximum absolute atomic E-state index is 5.41. The average Bonchev–Trinajstić information content (AvgIpc) is 3.10. The number of nitrogens with zero attached hydrogens (tertiary/aromatic N) is 4. The molecule has 4 rings (SSSR count). The van der Waals surface area contributed by atoms with E-state index in [0.29, 0.717) is 17.8 Å². The van der Waals surface area contributed by atoms with Crippen molar-refractivity contribution in [2.45, 2.75) is 38.6 Å². The second-order valence-corrected chi connectivity index (χ2v) is 6.09. The second-order valence-electron chi connectivity index (χ2n) is 6.09. The fourth-order valence-electron chi connectivity index (χ4n) is 3.29. The van der Waals surface area contributed by atoms with E-state index in [1.807, 2.05) is 18.2 Å². The Hall–Kier alpha value is -2.57. The number of benzene rings is 1. The molecule has 1 aromatic heterocycles. The fraction of sp³-hybridized carbons (Fsp3) is 0.471. The highest BCUT2D eigenvalue weighted by Crippen LogP contribution is 2.35. The standard InChI is InChI=1S/C17H21N5O2/c1-2-13-5-3-4-8-22(13)17-20-16(10-18-21-17)19-12-6-7-14-15(9-12)24-11-23-14/h6-7,9-10,13H,2-5,8,11H2,1H3,(H,19,20,21). The summed E-state index contributed by atoms with van der Waals surface area (Å²) in [5.41, 5.74) is 0.886. The van der Waals surface area contributed by atoms with Crippen LogP contribution in [0.4, 0.5) is 17.5 Å². The minimum absolute atomic E-state index is 0.269. The number of hydrogen-bond donors (Lipinski definition) is 1. The fourth-order valence-corrected chi connectivity index (χ4v) is 3.29. The van der Waals surface area contributed by atoms with Gasteiger partial charge in [-0.05, 0) is 37.8 Å². The normalized spacial score (nSPS) is 19.4. The Morgan fingerprint density at radius 1 is 1.25 bits per heavy atom. The van der Waals surface area contributed by atoms with Gasteiger partial charge < -0.3 is 19.7 Å². The zero-order valence-corrected chi connectivity index (χ0v) is 13.7. The van der Waals surface area contributed by atoms with Crippen molar-refractivity contribution in [3.63, 3.8) is 0 Å². The van der Waals surface area contributed by atoms with Crippen molar-refractivity contribution in [2.24, 2.45) is 0 Å². The van der Waals surface area contributed by atoms with E-state index in [9.17, 15) is 0 Å². The lowest BCUT2D eigenvalue weighted by Crippen LogP contribution is -2.40. The van der Waals surface area contributed by atoms with Crippen LogP contribution in [0.15, 0.2) is 24.4 Å². The third-order valence-electron chi connectivity index (χ3n) is 4.55. The van der Waals surface area contributed by atoms with Crippen LogP contribution in [0.5, 0.6) is 11.5 Å². The van der Waals surface area contributed by atoms with Crippen LogP contribution in [0, 0.1) is 0 Å². The molecule has 1 unspecified atom stereocenters. The molecule has 0 spiro atoms.